The lowest BCUT2D eigenvalue weighted by Gasteiger charge is -2.45. The van der Waals surface area contributed by atoms with Crippen LogP contribution in [0.2, 0.25) is 0 Å². The fraction of sp³-hybridized carbons (Fsp3) is 0.417. The standard InChI is InChI=1S/C24H30N4O5S/c1-4-33-22-11-6-5-9-18(22)25-23(29)16-28-21-15-17(34(31,32)26(2)3)12-13-19(21)27-14-8-7-10-20(27)24(28)30/h5-6,9,11-13,15,20H,4,7-8,10,14,16H2,1-3H3,(H,25,29)/t20-/m0/s1. The van der Waals surface area contributed by atoms with Gasteiger partial charge >= 0.3 is 0 Å². The number of nitrogens with zero attached hydrogens (tertiary/aromatic N) is 3. The van der Waals surface area contributed by atoms with Crippen LogP contribution in [0, 0.1) is 0 Å². The van der Waals surface area contributed by atoms with E-state index in [9.17, 15) is 18.0 Å². The lowest BCUT2D eigenvalue weighted by atomic mass is 9.96. The third-order valence-corrected chi connectivity index (χ3v) is 7.95. The van der Waals surface area contributed by atoms with Crippen LogP contribution in [0.4, 0.5) is 17.1 Å². The van der Waals surface area contributed by atoms with E-state index in [1.807, 2.05) is 17.9 Å². The molecule has 34 heavy (non-hydrogen) atoms. The molecule has 182 valence electrons. The second kappa shape index (κ2) is 9.63. The van der Waals surface area contributed by atoms with Crippen molar-refractivity contribution in [2.24, 2.45) is 0 Å². The monoisotopic (exact) mass is 486 g/mol. The van der Waals surface area contributed by atoms with E-state index < -0.39 is 15.9 Å². The SMILES string of the molecule is CCOc1ccccc1NC(=O)CN1C(=O)[C@@H]2CCCCN2c2ccc(S(=O)(=O)N(C)C)cc21. The number of anilines is 3. The number of hydrogen-bond donors (Lipinski definition) is 1. The molecule has 0 aromatic heterocycles. The summed E-state index contributed by atoms with van der Waals surface area (Å²) in [4.78, 5) is 30.1. The Morgan fingerprint density at radius 2 is 1.91 bits per heavy atom. The highest BCUT2D eigenvalue weighted by Crippen LogP contribution is 2.41. The van der Waals surface area contributed by atoms with Gasteiger partial charge in [-0.3, -0.25) is 14.5 Å². The molecule has 10 heteroatoms. The third kappa shape index (κ3) is 4.47. The first-order chi connectivity index (χ1) is 16.2. The number of rotatable bonds is 7. The summed E-state index contributed by atoms with van der Waals surface area (Å²) >= 11 is 0. The molecule has 1 N–H and O–H groups in total. The Morgan fingerprint density at radius 3 is 2.65 bits per heavy atom. The number of hydrogen-bond acceptors (Lipinski definition) is 6. The molecular weight excluding hydrogens is 456 g/mol. The van der Waals surface area contributed by atoms with Gasteiger partial charge < -0.3 is 15.0 Å². The fourth-order valence-corrected chi connectivity index (χ4v) is 5.38. The van der Waals surface area contributed by atoms with Crippen molar-refractivity contribution >= 4 is 38.9 Å². The van der Waals surface area contributed by atoms with Gasteiger partial charge in [-0.15, -0.1) is 0 Å². The van der Waals surface area contributed by atoms with Gasteiger partial charge in [0.25, 0.3) is 0 Å². The molecule has 2 amide bonds. The van der Waals surface area contributed by atoms with E-state index in [1.54, 1.807) is 30.3 Å². The Labute approximate surface area is 200 Å². The fourth-order valence-electron chi connectivity index (χ4n) is 4.46. The lowest BCUT2D eigenvalue weighted by Crippen LogP contribution is -2.56. The number of nitrogens with one attached hydrogen (secondary N) is 1. The highest BCUT2D eigenvalue weighted by Gasteiger charge is 2.40. The van der Waals surface area contributed by atoms with E-state index in [-0.39, 0.29) is 23.4 Å². The molecule has 2 aliphatic heterocycles. The summed E-state index contributed by atoms with van der Waals surface area (Å²) in [7, 11) is -0.790. The summed E-state index contributed by atoms with van der Waals surface area (Å²) in [6, 6.07) is 11.5. The van der Waals surface area contributed by atoms with Gasteiger partial charge in [-0.2, -0.15) is 0 Å². The average molecular weight is 487 g/mol. The van der Waals surface area contributed by atoms with E-state index in [0.29, 0.717) is 36.7 Å². The Bertz CT molecular complexity index is 1200. The number of para-hydroxylation sites is 2. The molecule has 0 aliphatic carbocycles. The molecule has 1 fully saturated rings. The van der Waals surface area contributed by atoms with Crippen LogP contribution in [-0.2, 0) is 19.6 Å². The zero-order valence-electron chi connectivity index (χ0n) is 19.7. The molecule has 0 spiro atoms. The minimum atomic E-state index is -3.71. The number of carbonyl (C=O) groups is 2. The number of ether oxygens (including phenoxy) is 1. The predicted octanol–water partition coefficient (Wildman–Crippen LogP) is 2.68. The molecule has 0 saturated carbocycles. The second-order valence-corrected chi connectivity index (χ2v) is 10.7. The van der Waals surface area contributed by atoms with E-state index >= 15 is 0 Å². The van der Waals surface area contributed by atoms with E-state index in [4.69, 9.17) is 4.74 Å². The maximum absolute atomic E-state index is 13.5. The summed E-state index contributed by atoms with van der Waals surface area (Å²) in [6.07, 6.45) is 2.58. The van der Waals surface area contributed by atoms with Crippen LogP contribution in [0.5, 0.6) is 5.75 Å². The Hall–Kier alpha value is -3.11. The van der Waals surface area contributed by atoms with Gasteiger partial charge in [-0.1, -0.05) is 12.1 Å². The van der Waals surface area contributed by atoms with Gasteiger partial charge in [0.1, 0.15) is 18.3 Å². The molecule has 1 saturated heterocycles. The van der Waals surface area contributed by atoms with Crippen molar-refractivity contribution in [1.82, 2.24) is 4.31 Å². The van der Waals surface area contributed by atoms with Gasteiger partial charge in [0, 0.05) is 20.6 Å². The summed E-state index contributed by atoms with van der Waals surface area (Å²) < 4.78 is 32.2. The molecule has 2 aromatic rings. The number of carbonyl (C=O) groups excluding carboxylic acids is 2. The Kier molecular flexibility index (Phi) is 6.81. The zero-order chi connectivity index (χ0) is 24.5. The molecule has 9 nitrogen and oxygen atoms in total. The molecule has 1 atom stereocenters. The summed E-state index contributed by atoms with van der Waals surface area (Å²) in [5.74, 6) is -0.0436. The lowest BCUT2D eigenvalue weighted by molar-refractivity contribution is -0.123. The van der Waals surface area contributed by atoms with Gasteiger partial charge in [-0.05, 0) is 56.5 Å². The molecule has 0 unspecified atom stereocenters. The van der Waals surface area contributed by atoms with Crippen molar-refractivity contribution in [3.05, 3.63) is 42.5 Å². The van der Waals surface area contributed by atoms with Crippen LogP contribution in [0.3, 0.4) is 0 Å². The topological polar surface area (TPSA) is 99.3 Å². The first-order valence-electron chi connectivity index (χ1n) is 11.4. The van der Waals surface area contributed by atoms with E-state index in [1.165, 1.54) is 25.1 Å². The minimum Gasteiger partial charge on any atom is -0.492 e. The van der Waals surface area contributed by atoms with Crippen LogP contribution in [0.1, 0.15) is 26.2 Å². The number of piperidine rings is 1. The van der Waals surface area contributed by atoms with Gasteiger partial charge in [0.15, 0.2) is 0 Å². The third-order valence-electron chi connectivity index (χ3n) is 6.14. The largest absolute Gasteiger partial charge is 0.492 e. The van der Waals surface area contributed by atoms with Crippen LogP contribution >= 0.6 is 0 Å². The quantitative estimate of drug-likeness (QED) is 0.646. The summed E-state index contributed by atoms with van der Waals surface area (Å²) in [6.45, 7) is 2.79. The van der Waals surface area contributed by atoms with Crippen molar-refractivity contribution in [3.63, 3.8) is 0 Å². The van der Waals surface area contributed by atoms with Gasteiger partial charge in [-0.25, -0.2) is 12.7 Å². The second-order valence-electron chi connectivity index (χ2n) is 8.54. The van der Waals surface area contributed by atoms with Crippen LogP contribution in [0.15, 0.2) is 47.4 Å². The predicted molar refractivity (Wildman–Crippen MR) is 131 cm³/mol. The number of fused-ring (bicyclic) bond motifs is 3. The van der Waals surface area contributed by atoms with Crippen molar-refractivity contribution in [2.45, 2.75) is 37.1 Å². The van der Waals surface area contributed by atoms with Gasteiger partial charge in [0.2, 0.25) is 21.8 Å². The first kappa shape index (κ1) is 24.0. The first-order valence-corrected chi connectivity index (χ1v) is 12.8. The molecular formula is C24H30N4O5S. The molecule has 2 heterocycles. The number of amides is 2. The van der Waals surface area contributed by atoms with Crippen LogP contribution in [0.25, 0.3) is 0 Å². The maximum Gasteiger partial charge on any atom is 0.250 e. The van der Waals surface area contributed by atoms with Gasteiger partial charge in [0.05, 0.1) is 28.6 Å². The molecule has 2 aliphatic rings. The zero-order valence-corrected chi connectivity index (χ0v) is 20.5. The van der Waals surface area contributed by atoms with Crippen LogP contribution < -0.4 is 19.9 Å². The summed E-state index contributed by atoms with van der Waals surface area (Å²) in [5.41, 5.74) is 1.71. The Morgan fingerprint density at radius 1 is 1.15 bits per heavy atom. The molecule has 4 rings (SSSR count). The van der Waals surface area contributed by atoms with E-state index in [0.717, 1.165) is 22.8 Å². The average Bonchev–Trinajstić information content (AvgIpc) is 2.82. The van der Waals surface area contributed by atoms with Crippen LogP contribution in [-0.4, -0.2) is 64.4 Å². The van der Waals surface area contributed by atoms with Crippen molar-refractivity contribution in [2.75, 3.05) is 48.9 Å². The van der Waals surface area contributed by atoms with Crippen molar-refractivity contribution < 1.29 is 22.7 Å². The number of benzene rings is 2. The van der Waals surface area contributed by atoms with E-state index in [2.05, 4.69) is 5.32 Å². The van der Waals surface area contributed by atoms with Crippen molar-refractivity contribution in [3.8, 4) is 5.75 Å². The Balaban J connectivity index is 1.69. The van der Waals surface area contributed by atoms with Crippen molar-refractivity contribution in [1.29, 1.82) is 0 Å². The molecule has 2 aromatic carbocycles. The maximum atomic E-state index is 13.5. The highest BCUT2D eigenvalue weighted by atomic mass is 32.2. The number of sulfonamides is 1. The molecule has 0 radical (unpaired) electrons. The highest BCUT2D eigenvalue weighted by molar-refractivity contribution is 7.89. The summed E-state index contributed by atoms with van der Waals surface area (Å²) in [5, 5.41) is 2.83. The normalized spacial score (nSPS) is 17.9. The smallest absolute Gasteiger partial charge is 0.250 e. The molecule has 0 bridgehead atoms. The minimum absolute atomic E-state index is 0.0756.